The van der Waals surface area contributed by atoms with Gasteiger partial charge in [0.1, 0.15) is 17.7 Å². The van der Waals surface area contributed by atoms with Crippen molar-refractivity contribution in [2.75, 3.05) is 5.32 Å². The first-order chi connectivity index (χ1) is 22.3. The molecule has 3 atom stereocenters. The normalized spacial score (nSPS) is 13.4. The maximum atomic E-state index is 14.9. The molecule has 7 nitrogen and oxygen atoms in total. The van der Waals surface area contributed by atoms with Gasteiger partial charge in [-0.3, -0.25) is 9.59 Å². The first-order valence-corrected chi connectivity index (χ1v) is 16.5. The van der Waals surface area contributed by atoms with Gasteiger partial charge in [-0.25, -0.2) is 4.79 Å². The Hall–Kier alpha value is -4.65. The predicted molar refractivity (Wildman–Crippen MR) is 190 cm³/mol. The van der Waals surface area contributed by atoms with E-state index in [1.54, 1.807) is 25.7 Å². The van der Waals surface area contributed by atoms with Gasteiger partial charge in [-0.05, 0) is 87.4 Å². The third-order valence-corrected chi connectivity index (χ3v) is 8.10. The second kappa shape index (κ2) is 15.8. The summed E-state index contributed by atoms with van der Waals surface area (Å²) in [7, 11) is 0. The lowest BCUT2D eigenvalue weighted by atomic mass is 9.95. The minimum atomic E-state index is -0.977. The van der Waals surface area contributed by atoms with Crippen LogP contribution < -0.4 is 10.6 Å². The summed E-state index contributed by atoms with van der Waals surface area (Å²) in [5.74, 6) is -0.279. The SMILES string of the molecule is Cc1ccc(C(C(=O)Nc2ccc3ccccc3c2)N(C(=O)C(Cc2ccccc2)NC(=O)OC(C)(C)C)C(C)CCC(C)C)cc1. The second-order valence-corrected chi connectivity index (χ2v) is 13.8. The number of benzene rings is 4. The Labute approximate surface area is 279 Å². The summed E-state index contributed by atoms with van der Waals surface area (Å²) < 4.78 is 5.60. The molecule has 0 aliphatic carbocycles. The minimum absolute atomic E-state index is 0.235. The molecule has 248 valence electrons. The van der Waals surface area contributed by atoms with Crippen LogP contribution in [-0.2, 0) is 20.7 Å². The summed E-state index contributed by atoms with van der Waals surface area (Å²) in [5, 5.41) is 8.05. The van der Waals surface area contributed by atoms with E-state index in [1.807, 2.05) is 111 Å². The Kier molecular flexibility index (Phi) is 11.8. The molecule has 3 unspecified atom stereocenters. The summed E-state index contributed by atoms with van der Waals surface area (Å²) in [5.41, 5.74) is 2.50. The molecule has 4 rings (SSSR count). The van der Waals surface area contributed by atoms with Crippen molar-refractivity contribution >= 4 is 34.4 Å². The predicted octanol–water partition coefficient (Wildman–Crippen LogP) is 8.62. The molecule has 47 heavy (non-hydrogen) atoms. The standard InChI is InChI=1S/C40H49N3O4/c1-27(2)17-20-29(4)43(38(45)35(25-30-13-9-8-10-14-30)42-39(46)47-40(5,6)7)36(32-21-18-28(3)19-22-32)37(44)41-34-24-23-31-15-11-12-16-33(31)26-34/h8-16,18-19,21-24,26-27,29,35-36H,17,20,25H2,1-7H3,(H,41,44)(H,42,46). The van der Waals surface area contributed by atoms with Gasteiger partial charge in [0.15, 0.2) is 0 Å². The lowest BCUT2D eigenvalue weighted by molar-refractivity contribution is -0.143. The molecule has 0 aliphatic rings. The van der Waals surface area contributed by atoms with Crippen LogP contribution in [0.2, 0.25) is 0 Å². The van der Waals surface area contributed by atoms with E-state index in [1.165, 1.54) is 0 Å². The fourth-order valence-electron chi connectivity index (χ4n) is 5.66. The molecule has 0 radical (unpaired) electrons. The highest BCUT2D eigenvalue weighted by atomic mass is 16.6. The van der Waals surface area contributed by atoms with Crippen molar-refractivity contribution in [1.29, 1.82) is 0 Å². The van der Waals surface area contributed by atoms with Gasteiger partial charge in [-0.15, -0.1) is 0 Å². The fourth-order valence-corrected chi connectivity index (χ4v) is 5.66. The average molecular weight is 636 g/mol. The summed E-state index contributed by atoms with van der Waals surface area (Å²) in [6, 6.07) is 28.8. The number of amides is 3. The summed E-state index contributed by atoms with van der Waals surface area (Å²) in [6.07, 6.45) is 1.09. The van der Waals surface area contributed by atoms with Crippen molar-refractivity contribution < 1.29 is 19.1 Å². The summed E-state index contributed by atoms with van der Waals surface area (Å²) in [6.45, 7) is 13.6. The number of ether oxygens (including phenoxy) is 1. The number of anilines is 1. The molecular weight excluding hydrogens is 586 g/mol. The van der Waals surface area contributed by atoms with E-state index in [0.29, 0.717) is 23.6 Å². The average Bonchev–Trinajstić information content (AvgIpc) is 3.02. The number of rotatable bonds is 12. The van der Waals surface area contributed by atoms with Crippen molar-refractivity contribution in [1.82, 2.24) is 10.2 Å². The quantitative estimate of drug-likeness (QED) is 0.163. The van der Waals surface area contributed by atoms with Crippen molar-refractivity contribution in [2.24, 2.45) is 5.92 Å². The van der Waals surface area contributed by atoms with E-state index in [9.17, 15) is 14.4 Å². The largest absolute Gasteiger partial charge is 0.444 e. The van der Waals surface area contributed by atoms with Crippen LogP contribution in [0.25, 0.3) is 10.8 Å². The third-order valence-electron chi connectivity index (χ3n) is 8.10. The minimum Gasteiger partial charge on any atom is -0.444 e. The molecule has 0 heterocycles. The van der Waals surface area contributed by atoms with Crippen LogP contribution in [0.3, 0.4) is 0 Å². The third kappa shape index (κ3) is 10.2. The highest BCUT2D eigenvalue weighted by Gasteiger charge is 2.39. The van der Waals surface area contributed by atoms with Gasteiger partial charge in [0.05, 0.1) is 0 Å². The first-order valence-electron chi connectivity index (χ1n) is 16.5. The topological polar surface area (TPSA) is 87.7 Å². The number of carbonyl (C=O) groups is 3. The number of fused-ring (bicyclic) bond motifs is 1. The van der Waals surface area contributed by atoms with Crippen LogP contribution in [0.5, 0.6) is 0 Å². The zero-order valence-electron chi connectivity index (χ0n) is 28.7. The van der Waals surface area contributed by atoms with Crippen LogP contribution in [0.15, 0.2) is 97.1 Å². The van der Waals surface area contributed by atoms with Gasteiger partial charge in [0, 0.05) is 18.2 Å². The van der Waals surface area contributed by atoms with Crippen molar-refractivity contribution in [3.63, 3.8) is 0 Å². The lowest BCUT2D eigenvalue weighted by Crippen LogP contribution is -2.55. The van der Waals surface area contributed by atoms with Crippen LogP contribution in [-0.4, -0.2) is 40.5 Å². The molecule has 3 amide bonds. The second-order valence-electron chi connectivity index (χ2n) is 13.8. The Morgan fingerprint density at radius 1 is 0.787 bits per heavy atom. The smallest absolute Gasteiger partial charge is 0.408 e. The Balaban J connectivity index is 1.79. The number of aryl methyl sites for hydroxylation is 1. The van der Waals surface area contributed by atoms with E-state index >= 15 is 0 Å². The number of carbonyl (C=O) groups excluding carboxylic acids is 3. The molecule has 4 aromatic rings. The maximum absolute atomic E-state index is 14.9. The van der Waals surface area contributed by atoms with E-state index in [4.69, 9.17) is 4.74 Å². The molecule has 0 bridgehead atoms. The number of hydrogen-bond acceptors (Lipinski definition) is 4. The molecule has 2 N–H and O–H groups in total. The van der Waals surface area contributed by atoms with Crippen LogP contribution in [0.4, 0.5) is 10.5 Å². The number of nitrogens with zero attached hydrogens (tertiary/aromatic N) is 1. The lowest BCUT2D eigenvalue weighted by Gasteiger charge is -2.39. The van der Waals surface area contributed by atoms with E-state index in [-0.39, 0.29) is 24.3 Å². The summed E-state index contributed by atoms with van der Waals surface area (Å²) in [4.78, 5) is 44.2. The van der Waals surface area contributed by atoms with Crippen LogP contribution in [0, 0.1) is 12.8 Å². The molecule has 0 aliphatic heterocycles. The van der Waals surface area contributed by atoms with Gasteiger partial charge < -0.3 is 20.3 Å². The van der Waals surface area contributed by atoms with E-state index in [2.05, 4.69) is 24.5 Å². The van der Waals surface area contributed by atoms with Gasteiger partial charge in [0.25, 0.3) is 5.91 Å². The van der Waals surface area contributed by atoms with Gasteiger partial charge in [0.2, 0.25) is 5.91 Å². The molecule has 0 spiro atoms. The molecule has 4 aromatic carbocycles. The summed E-state index contributed by atoms with van der Waals surface area (Å²) >= 11 is 0. The Morgan fingerprint density at radius 2 is 1.43 bits per heavy atom. The molecule has 0 saturated heterocycles. The highest BCUT2D eigenvalue weighted by molar-refractivity contribution is 6.00. The van der Waals surface area contributed by atoms with Crippen LogP contribution in [0.1, 0.15) is 77.1 Å². The number of alkyl carbamates (subject to hydrolysis) is 1. The van der Waals surface area contributed by atoms with Crippen molar-refractivity contribution in [3.05, 3.63) is 114 Å². The van der Waals surface area contributed by atoms with Gasteiger partial charge in [-0.1, -0.05) is 104 Å². The molecular formula is C40H49N3O4. The van der Waals surface area contributed by atoms with Gasteiger partial charge in [-0.2, -0.15) is 0 Å². The molecule has 0 saturated carbocycles. The van der Waals surface area contributed by atoms with Crippen molar-refractivity contribution in [3.8, 4) is 0 Å². The Morgan fingerprint density at radius 3 is 2.06 bits per heavy atom. The maximum Gasteiger partial charge on any atom is 0.408 e. The van der Waals surface area contributed by atoms with E-state index in [0.717, 1.165) is 28.3 Å². The fraction of sp³-hybridized carbons (Fsp3) is 0.375. The first kappa shape index (κ1) is 35.2. The monoisotopic (exact) mass is 635 g/mol. The molecule has 0 fully saturated rings. The Bertz CT molecular complexity index is 1640. The van der Waals surface area contributed by atoms with Gasteiger partial charge >= 0.3 is 6.09 Å². The van der Waals surface area contributed by atoms with Crippen molar-refractivity contribution in [2.45, 2.75) is 91.5 Å². The van der Waals surface area contributed by atoms with E-state index < -0.39 is 23.8 Å². The molecule has 7 heteroatoms. The number of nitrogens with one attached hydrogen (secondary N) is 2. The highest BCUT2D eigenvalue weighted by Crippen LogP contribution is 2.30. The zero-order valence-corrected chi connectivity index (χ0v) is 28.7. The zero-order chi connectivity index (χ0) is 34.1. The number of hydrogen-bond donors (Lipinski definition) is 2. The molecule has 0 aromatic heterocycles. The van der Waals surface area contributed by atoms with Crippen LogP contribution >= 0.6 is 0 Å².